The van der Waals surface area contributed by atoms with Crippen molar-refractivity contribution >= 4 is 37.6 Å². The number of carbonyl (C=O) groups excluding carboxylic acids is 2. The molecule has 0 saturated carbocycles. The molecule has 0 fully saturated rings. The number of benzene rings is 2. The molecule has 4 rings (SSSR count). The van der Waals surface area contributed by atoms with Gasteiger partial charge < -0.3 is 0 Å². The molecular weight excluding hydrogens is 307 g/mol. The standard InChI is InChI=1S/C14H6N2O2Se/c17-13-7-3-1-2-4-8(7)14(18)10-6-12-11(5-9(10)13)15-19-16-12/h1-6H. The number of rotatable bonds is 0. The Bertz CT molecular complexity index is 798. The van der Waals surface area contributed by atoms with Gasteiger partial charge in [-0.25, -0.2) is 0 Å². The molecular formula is C14H6N2O2Se. The van der Waals surface area contributed by atoms with Gasteiger partial charge in [0.15, 0.2) is 0 Å². The second-order valence-electron chi connectivity index (χ2n) is 4.35. The van der Waals surface area contributed by atoms with E-state index in [1.165, 1.54) is 0 Å². The first-order valence-electron chi connectivity index (χ1n) is 5.70. The van der Waals surface area contributed by atoms with E-state index >= 15 is 0 Å². The summed E-state index contributed by atoms with van der Waals surface area (Å²) in [7, 11) is 0. The average molecular weight is 313 g/mol. The second-order valence-corrected chi connectivity index (χ2v) is 5.46. The van der Waals surface area contributed by atoms with Gasteiger partial charge in [-0.1, -0.05) is 0 Å². The van der Waals surface area contributed by atoms with Gasteiger partial charge in [-0.3, -0.25) is 0 Å². The summed E-state index contributed by atoms with van der Waals surface area (Å²) in [6.07, 6.45) is 0. The number of fused-ring (bicyclic) bond motifs is 3. The molecule has 0 amide bonds. The molecule has 1 aliphatic carbocycles. The van der Waals surface area contributed by atoms with E-state index in [1.807, 2.05) is 0 Å². The summed E-state index contributed by atoms with van der Waals surface area (Å²) in [4.78, 5) is 24.9. The fourth-order valence-corrected chi connectivity index (χ4v) is 3.44. The number of nitrogens with zero attached hydrogens (tertiary/aromatic N) is 2. The molecule has 0 aliphatic heterocycles. The minimum atomic E-state index is -0.161. The van der Waals surface area contributed by atoms with Crippen LogP contribution in [0, 0.1) is 0 Å². The Morgan fingerprint density at radius 1 is 0.737 bits per heavy atom. The van der Waals surface area contributed by atoms with Crippen LogP contribution < -0.4 is 0 Å². The van der Waals surface area contributed by atoms with Crippen molar-refractivity contribution in [2.24, 2.45) is 0 Å². The van der Waals surface area contributed by atoms with Crippen LogP contribution in [0.1, 0.15) is 31.8 Å². The number of hydrogen-bond acceptors (Lipinski definition) is 4. The normalized spacial score (nSPS) is 13.5. The number of aromatic nitrogens is 2. The van der Waals surface area contributed by atoms with Crippen LogP contribution in [0.3, 0.4) is 0 Å². The maximum atomic E-state index is 12.4. The van der Waals surface area contributed by atoms with Gasteiger partial charge in [0.05, 0.1) is 0 Å². The Morgan fingerprint density at radius 3 is 1.68 bits per heavy atom. The molecule has 2 aromatic carbocycles. The monoisotopic (exact) mass is 314 g/mol. The molecule has 1 heterocycles. The fraction of sp³-hybridized carbons (Fsp3) is 0. The van der Waals surface area contributed by atoms with E-state index in [0.29, 0.717) is 22.3 Å². The SMILES string of the molecule is O=C1c2ccccc2C(=O)c2cc3n[se]nc3cc21. The van der Waals surface area contributed by atoms with Crippen molar-refractivity contribution in [1.29, 1.82) is 0 Å². The summed E-state index contributed by atoms with van der Waals surface area (Å²) >= 11 is -0.161. The van der Waals surface area contributed by atoms with Gasteiger partial charge in [-0.2, -0.15) is 0 Å². The molecule has 90 valence electrons. The molecule has 5 heteroatoms. The summed E-state index contributed by atoms with van der Waals surface area (Å²) in [5.41, 5.74) is 3.28. The molecule has 19 heavy (non-hydrogen) atoms. The first-order valence-corrected chi connectivity index (χ1v) is 7.23. The molecule has 0 saturated heterocycles. The van der Waals surface area contributed by atoms with Gasteiger partial charge in [0.1, 0.15) is 0 Å². The van der Waals surface area contributed by atoms with Crippen LogP contribution >= 0.6 is 0 Å². The predicted octanol–water partition coefficient (Wildman–Crippen LogP) is 1.46. The van der Waals surface area contributed by atoms with Crippen LogP contribution in [0.2, 0.25) is 0 Å². The Labute approximate surface area is 114 Å². The van der Waals surface area contributed by atoms with E-state index in [2.05, 4.69) is 7.96 Å². The van der Waals surface area contributed by atoms with E-state index in [0.717, 1.165) is 11.0 Å². The van der Waals surface area contributed by atoms with Crippen molar-refractivity contribution in [3.8, 4) is 0 Å². The summed E-state index contributed by atoms with van der Waals surface area (Å²) < 4.78 is 8.51. The van der Waals surface area contributed by atoms with Crippen LogP contribution in [-0.2, 0) is 0 Å². The average Bonchev–Trinajstić information content (AvgIpc) is 2.90. The van der Waals surface area contributed by atoms with Crippen LogP contribution in [0.25, 0.3) is 11.0 Å². The summed E-state index contributed by atoms with van der Waals surface area (Å²) in [5.74, 6) is -0.217. The van der Waals surface area contributed by atoms with Gasteiger partial charge in [-0.15, -0.1) is 0 Å². The van der Waals surface area contributed by atoms with Crippen molar-refractivity contribution in [1.82, 2.24) is 7.96 Å². The molecule has 0 radical (unpaired) electrons. The van der Waals surface area contributed by atoms with Crippen LogP contribution in [0.5, 0.6) is 0 Å². The zero-order valence-corrected chi connectivity index (χ0v) is 11.3. The van der Waals surface area contributed by atoms with E-state index < -0.39 is 0 Å². The molecule has 0 bridgehead atoms. The third-order valence-corrected chi connectivity index (χ3v) is 4.47. The van der Waals surface area contributed by atoms with E-state index in [-0.39, 0.29) is 26.5 Å². The third kappa shape index (κ3) is 1.40. The summed E-state index contributed by atoms with van der Waals surface area (Å²) in [5, 5.41) is 0. The van der Waals surface area contributed by atoms with Gasteiger partial charge in [-0.05, 0) is 0 Å². The molecule has 3 aromatic rings. The van der Waals surface area contributed by atoms with E-state index in [1.54, 1.807) is 36.4 Å². The van der Waals surface area contributed by atoms with Crippen molar-refractivity contribution in [3.05, 3.63) is 58.7 Å². The Kier molecular flexibility index (Phi) is 2.10. The predicted molar refractivity (Wildman–Crippen MR) is 69.8 cm³/mol. The Morgan fingerprint density at radius 2 is 1.21 bits per heavy atom. The van der Waals surface area contributed by atoms with Gasteiger partial charge in [0.25, 0.3) is 0 Å². The third-order valence-electron chi connectivity index (χ3n) is 3.30. The molecule has 0 N–H and O–H groups in total. The molecule has 0 unspecified atom stereocenters. The van der Waals surface area contributed by atoms with Crippen molar-refractivity contribution in [3.63, 3.8) is 0 Å². The maximum absolute atomic E-state index is 12.4. The van der Waals surface area contributed by atoms with Crippen LogP contribution in [0.15, 0.2) is 36.4 Å². The zero-order valence-electron chi connectivity index (χ0n) is 9.58. The molecule has 0 atom stereocenters. The first kappa shape index (κ1) is 10.8. The number of carbonyl (C=O) groups is 2. The van der Waals surface area contributed by atoms with Gasteiger partial charge in [0, 0.05) is 0 Å². The topological polar surface area (TPSA) is 59.9 Å². The van der Waals surface area contributed by atoms with Crippen molar-refractivity contribution in [2.45, 2.75) is 0 Å². The molecule has 4 nitrogen and oxygen atoms in total. The first-order chi connectivity index (χ1) is 9.25. The van der Waals surface area contributed by atoms with E-state index in [4.69, 9.17) is 0 Å². The summed E-state index contributed by atoms with van der Waals surface area (Å²) in [6.45, 7) is 0. The molecule has 1 aliphatic rings. The second kappa shape index (κ2) is 3.70. The number of hydrogen-bond donors (Lipinski definition) is 0. The molecule has 1 aromatic heterocycles. The number of ketones is 2. The minimum absolute atomic E-state index is 0.109. The van der Waals surface area contributed by atoms with Gasteiger partial charge >= 0.3 is 114 Å². The van der Waals surface area contributed by atoms with Crippen molar-refractivity contribution < 1.29 is 9.59 Å². The van der Waals surface area contributed by atoms with Crippen LogP contribution in [0.4, 0.5) is 0 Å². The summed E-state index contributed by atoms with van der Waals surface area (Å²) in [6, 6.07) is 10.3. The molecule has 0 spiro atoms. The van der Waals surface area contributed by atoms with E-state index in [9.17, 15) is 9.59 Å². The fourth-order valence-electron chi connectivity index (χ4n) is 2.38. The van der Waals surface area contributed by atoms with Gasteiger partial charge in [0.2, 0.25) is 0 Å². The van der Waals surface area contributed by atoms with Crippen molar-refractivity contribution in [2.75, 3.05) is 0 Å². The quantitative estimate of drug-likeness (QED) is 0.461. The Balaban J connectivity index is 2.09. The zero-order chi connectivity index (χ0) is 13.0. The van der Waals surface area contributed by atoms with Crippen LogP contribution in [-0.4, -0.2) is 34.5 Å². The Hall–Kier alpha value is -2.10.